The van der Waals surface area contributed by atoms with E-state index in [0.717, 1.165) is 22.4 Å². The molecule has 0 bridgehead atoms. The second-order valence-corrected chi connectivity index (χ2v) is 9.40. The summed E-state index contributed by atoms with van der Waals surface area (Å²) in [5.74, 6) is 4.61. The number of benzene rings is 2. The highest BCUT2D eigenvalue weighted by Gasteiger charge is 2.59. The summed E-state index contributed by atoms with van der Waals surface area (Å²) in [5.41, 5.74) is 2.85. The number of hydrogen-bond acceptors (Lipinski definition) is 7. The third kappa shape index (κ3) is 4.12. The first-order chi connectivity index (χ1) is 17.5. The third-order valence-electron chi connectivity index (χ3n) is 7.08. The highest BCUT2D eigenvalue weighted by Crippen LogP contribution is 2.60. The van der Waals surface area contributed by atoms with Gasteiger partial charge in [0.2, 0.25) is 5.91 Å². The van der Waals surface area contributed by atoms with Gasteiger partial charge in [-0.05, 0) is 48.4 Å². The van der Waals surface area contributed by atoms with Crippen LogP contribution in [0.5, 0.6) is 28.7 Å². The Balaban J connectivity index is 1.13. The van der Waals surface area contributed by atoms with Crippen molar-refractivity contribution in [3.8, 4) is 28.7 Å². The van der Waals surface area contributed by atoms with Gasteiger partial charge in [-0.25, -0.2) is 4.98 Å². The molecular formula is C28H26N2O6. The third-order valence-corrected chi connectivity index (χ3v) is 7.08. The van der Waals surface area contributed by atoms with E-state index >= 15 is 0 Å². The Morgan fingerprint density at radius 1 is 1.06 bits per heavy atom. The fourth-order valence-corrected chi connectivity index (χ4v) is 5.27. The monoisotopic (exact) mass is 486 g/mol. The van der Waals surface area contributed by atoms with Gasteiger partial charge in [-0.3, -0.25) is 9.59 Å². The van der Waals surface area contributed by atoms with Crippen LogP contribution in [0.4, 0.5) is 5.82 Å². The van der Waals surface area contributed by atoms with Crippen LogP contribution in [-0.4, -0.2) is 37.0 Å². The summed E-state index contributed by atoms with van der Waals surface area (Å²) in [6.07, 6.45) is 3.44. The van der Waals surface area contributed by atoms with Crippen LogP contribution in [0, 0.1) is 5.92 Å². The molecule has 1 amide bonds. The molecule has 2 aromatic carbocycles. The first-order valence-corrected chi connectivity index (χ1v) is 12.0. The van der Waals surface area contributed by atoms with Crippen LogP contribution >= 0.6 is 0 Å². The number of amides is 1. The summed E-state index contributed by atoms with van der Waals surface area (Å²) >= 11 is 0. The van der Waals surface area contributed by atoms with Crippen molar-refractivity contribution in [3.63, 3.8) is 0 Å². The lowest BCUT2D eigenvalue weighted by Crippen LogP contribution is -2.20. The fraction of sp³-hybridized carbons (Fsp3) is 0.321. The number of pyridine rings is 1. The number of anilines is 1. The molecule has 1 aromatic heterocycles. The first-order valence-electron chi connectivity index (χ1n) is 12.0. The highest BCUT2D eigenvalue weighted by molar-refractivity contribution is 5.93. The maximum Gasteiger partial charge on any atom is 0.225 e. The molecule has 8 heteroatoms. The van der Waals surface area contributed by atoms with Crippen LogP contribution in [0.25, 0.3) is 0 Å². The number of nitrogens with one attached hydrogen (secondary N) is 1. The van der Waals surface area contributed by atoms with E-state index in [4.69, 9.17) is 18.9 Å². The van der Waals surface area contributed by atoms with Gasteiger partial charge in [0.1, 0.15) is 46.5 Å². The summed E-state index contributed by atoms with van der Waals surface area (Å²) < 4.78 is 23.0. The number of methoxy groups -OCH3 is 2. The lowest BCUT2D eigenvalue weighted by Gasteiger charge is -2.19. The van der Waals surface area contributed by atoms with Crippen LogP contribution in [0.3, 0.4) is 0 Å². The smallest absolute Gasteiger partial charge is 0.225 e. The molecule has 0 radical (unpaired) electrons. The number of nitrogens with zero attached hydrogens (tertiary/aromatic N) is 1. The Morgan fingerprint density at radius 2 is 1.86 bits per heavy atom. The molecule has 0 spiro atoms. The highest BCUT2D eigenvalue weighted by atomic mass is 16.5. The van der Waals surface area contributed by atoms with Crippen molar-refractivity contribution in [1.82, 2.24) is 4.98 Å². The van der Waals surface area contributed by atoms with E-state index in [9.17, 15) is 9.59 Å². The number of ether oxygens (including phenoxy) is 4. The lowest BCUT2D eigenvalue weighted by atomic mass is 10.0. The maximum absolute atomic E-state index is 12.9. The predicted molar refractivity (Wildman–Crippen MR) is 131 cm³/mol. The van der Waals surface area contributed by atoms with Crippen molar-refractivity contribution in [2.75, 3.05) is 19.5 Å². The van der Waals surface area contributed by atoms with Crippen molar-refractivity contribution < 1.29 is 28.5 Å². The maximum atomic E-state index is 12.9. The van der Waals surface area contributed by atoms with Gasteiger partial charge >= 0.3 is 0 Å². The standard InChI is InChI=1S/C28H26N2O6/c1-33-18-10-15(11-19(13-18)34-2)9-16(31)12-22-26-21-14-17(3-5-23(21)36-27(22)26)35-24-7-8-29-28-20(24)4-6-25(32)30-28/h3,5,7-8,10-11,13-14,22,26-27H,4,6,9,12H2,1-2H3,(H,29,30,32)/t22-,26-,27+/m0/s1. The average molecular weight is 487 g/mol. The van der Waals surface area contributed by atoms with E-state index in [0.29, 0.717) is 54.5 Å². The van der Waals surface area contributed by atoms with Gasteiger partial charge in [0.25, 0.3) is 0 Å². The zero-order chi connectivity index (χ0) is 24.8. The van der Waals surface area contributed by atoms with Crippen LogP contribution in [-0.2, 0) is 22.4 Å². The van der Waals surface area contributed by atoms with Crippen molar-refractivity contribution >= 4 is 17.5 Å². The van der Waals surface area contributed by atoms with Gasteiger partial charge in [-0.1, -0.05) is 0 Å². The number of carbonyl (C=O) groups excluding carboxylic acids is 2. The van der Waals surface area contributed by atoms with E-state index in [1.165, 1.54) is 0 Å². The predicted octanol–water partition coefficient (Wildman–Crippen LogP) is 4.45. The lowest BCUT2D eigenvalue weighted by molar-refractivity contribution is -0.119. The zero-order valence-corrected chi connectivity index (χ0v) is 20.1. The number of carbonyl (C=O) groups is 2. The molecule has 36 heavy (non-hydrogen) atoms. The summed E-state index contributed by atoms with van der Waals surface area (Å²) in [5, 5.41) is 2.80. The summed E-state index contributed by atoms with van der Waals surface area (Å²) in [7, 11) is 3.19. The summed E-state index contributed by atoms with van der Waals surface area (Å²) in [6, 6.07) is 13.2. The Kier molecular flexibility index (Phi) is 5.51. The van der Waals surface area contributed by atoms with Crippen LogP contribution in [0.1, 0.15) is 35.4 Å². The topological polar surface area (TPSA) is 96.0 Å². The molecule has 1 saturated carbocycles. The van der Waals surface area contributed by atoms with Gasteiger partial charge in [0.15, 0.2) is 0 Å². The van der Waals surface area contributed by atoms with Crippen LogP contribution in [0.15, 0.2) is 48.7 Å². The Labute approximate surface area is 208 Å². The quantitative estimate of drug-likeness (QED) is 0.502. The van der Waals surface area contributed by atoms with Crippen molar-refractivity contribution in [2.24, 2.45) is 5.92 Å². The molecule has 1 N–H and O–H groups in total. The molecule has 3 atom stereocenters. The minimum atomic E-state index is -0.0345. The molecule has 6 rings (SSSR count). The minimum absolute atomic E-state index is 0.0305. The van der Waals surface area contributed by atoms with E-state index in [2.05, 4.69) is 10.3 Å². The van der Waals surface area contributed by atoms with E-state index in [-0.39, 0.29) is 29.6 Å². The molecule has 3 heterocycles. The summed E-state index contributed by atoms with van der Waals surface area (Å²) in [6.45, 7) is 0. The van der Waals surface area contributed by atoms with Crippen molar-refractivity contribution in [3.05, 3.63) is 65.4 Å². The molecule has 3 aromatic rings. The number of rotatable bonds is 8. The van der Waals surface area contributed by atoms with Crippen LogP contribution < -0.4 is 24.3 Å². The molecule has 3 aliphatic rings. The average Bonchev–Trinajstić information content (AvgIpc) is 3.39. The molecule has 2 aliphatic heterocycles. The Hall–Kier alpha value is -4.07. The van der Waals surface area contributed by atoms with Gasteiger partial charge in [0, 0.05) is 54.5 Å². The fourth-order valence-electron chi connectivity index (χ4n) is 5.27. The second-order valence-electron chi connectivity index (χ2n) is 9.40. The SMILES string of the molecule is COc1cc(CC(=O)C[C@@H]2[C@H]3Oc4ccc(Oc5ccnc6c5CCC(=O)N6)cc4[C@@H]23)cc(OC)c1. The van der Waals surface area contributed by atoms with E-state index < -0.39 is 0 Å². The van der Waals surface area contributed by atoms with Gasteiger partial charge in [-0.15, -0.1) is 0 Å². The molecule has 1 aliphatic carbocycles. The van der Waals surface area contributed by atoms with Crippen molar-refractivity contribution in [1.29, 1.82) is 0 Å². The first kappa shape index (κ1) is 22.4. The van der Waals surface area contributed by atoms with Gasteiger partial charge in [-0.2, -0.15) is 0 Å². The minimum Gasteiger partial charge on any atom is -0.497 e. The van der Waals surface area contributed by atoms with E-state index in [1.54, 1.807) is 26.5 Å². The molecule has 184 valence electrons. The normalized spacial score (nSPS) is 20.8. The second kappa shape index (κ2) is 8.86. The van der Waals surface area contributed by atoms with Crippen molar-refractivity contribution in [2.45, 2.75) is 37.7 Å². The Morgan fingerprint density at radius 3 is 2.64 bits per heavy atom. The van der Waals surface area contributed by atoms with Crippen LogP contribution in [0.2, 0.25) is 0 Å². The summed E-state index contributed by atoms with van der Waals surface area (Å²) in [4.78, 5) is 28.8. The van der Waals surface area contributed by atoms with Gasteiger partial charge < -0.3 is 24.3 Å². The molecule has 0 unspecified atom stereocenters. The zero-order valence-electron chi connectivity index (χ0n) is 20.1. The number of hydrogen-bond donors (Lipinski definition) is 1. The molecule has 0 saturated heterocycles. The number of fused-ring (bicyclic) bond motifs is 4. The van der Waals surface area contributed by atoms with E-state index in [1.807, 2.05) is 36.4 Å². The largest absolute Gasteiger partial charge is 0.497 e. The molecule has 8 nitrogen and oxygen atoms in total. The molecular weight excluding hydrogens is 460 g/mol. The number of Topliss-reactive ketones (excluding diaryl/α,β-unsaturated/α-hetero) is 1. The molecule has 1 fully saturated rings. The number of ketones is 1. The Bertz CT molecular complexity index is 1350. The number of aromatic nitrogens is 1. The van der Waals surface area contributed by atoms with Gasteiger partial charge in [0.05, 0.1) is 14.2 Å².